The lowest BCUT2D eigenvalue weighted by molar-refractivity contribution is 1.45. The van der Waals surface area contributed by atoms with Gasteiger partial charge >= 0.3 is 0 Å². The van der Waals surface area contributed by atoms with Gasteiger partial charge in [0.15, 0.2) is 0 Å². The van der Waals surface area contributed by atoms with E-state index in [9.17, 15) is 0 Å². The van der Waals surface area contributed by atoms with E-state index in [1.54, 1.807) is 11.8 Å². The lowest BCUT2D eigenvalue weighted by Crippen LogP contribution is -1.85. The molecule has 0 heterocycles. The number of allylic oxidation sites excluding steroid dienone is 5. The van der Waals surface area contributed by atoms with E-state index in [2.05, 4.69) is 56.5 Å². The molecule has 0 aliphatic carbocycles. The summed E-state index contributed by atoms with van der Waals surface area (Å²) in [5, 5.41) is 0. The first kappa shape index (κ1) is 14.6. The third-order valence-corrected chi connectivity index (χ3v) is 3.42. The molecule has 0 saturated heterocycles. The second-order valence-corrected chi connectivity index (χ2v) is 5.02. The highest BCUT2D eigenvalue weighted by molar-refractivity contribution is 8.02. The number of hydrogen-bond acceptors (Lipinski definition) is 1. The SMILES string of the molecule is C=C(/C=C(\C=C/C)c1ccc(C)cc1)C(=C)SC. The first-order valence-electron chi connectivity index (χ1n) is 5.92. The molecule has 1 heteroatoms. The molecule has 0 aromatic heterocycles. The quantitative estimate of drug-likeness (QED) is 0.637. The minimum atomic E-state index is 0.969. The average Bonchev–Trinajstić information content (AvgIpc) is 2.38. The van der Waals surface area contributed by atoms with Gasteiger partial charge in [-0.3, -0.25) is 0 Å². The maximum Gasteiger partial charge on any atom is 0.00639 e. The fourth-order valence-corrected chi connectivity index (χ4v) is 1.87. The molecule has 1 rings (SSSR count). The van der Waals surface area contributed by atoms with E-state index in [0.717, 1.165) is 16.1 Å². The van der Waals surface area contributed by atoms with Crippen molar-refractivity contribution in [3.63, 3.8) is 0 Å². The van der Waals surface area contributed by atoms with Gasteiger partial charge in [0, 0.05) is 4.91 Å². The van der Waals surface area contributed by atoms with Crippen LogP contribution in [0, 0.1) is 6.92 Å². The van der Waals surface area contributed by atoms with Crippen molar-refractivity contribution in [1.82, 2.24) is 0 Å². The van der Waals surface area contributed by atoms with E-state index in [0.29, 0.717) is 0 Å². The summed E-state index contributed by atoms with van der Waals surface area (Å²) in [6, 6.07) is 8.52. The van der Waals surface area contributed by atoms with Crippen LogP contribution in [0.3, 0.4) is 0 Å². The molecule has 1 aromatic carbocycles. The predicted molar refractivity (Wildman–Crippen MR) is 85.8 cm³/mol. The summed E-state index contributed by atoms with van der Waals surface area (Å²) in [7, 11) is 0. The van der Waals surface area contributed by atoms with E-state index in [-0.39, 0.29) is 0 Å². The zero-order valence-corrected chi connectivity index (χ0v) is 12.2. The van der Waals surface area contributed by atoms with E-state index in [1.807, 2.05) is 19.3 Å². The van der Waals surface area contributed by atoms with Crippen molar-refractivity contribution in [2.24, 2.45) is 0 Å². The molecular weight excluding hydrogens is 236 g/mol. The molecule has 0 amide bonds. The maximum absolute atomic E-state index is 4.06. The predicted octanol–water partition coefficient (Wildman–Crippen LogP) is 5.39. The number of aryl methyl sites for hydroxylation is 1. The van der Waals surface area contributed by atoms with Crippen molar-refractivity contribution in [3.05, 3.63) is 77.3 Å². The Bertz CT molecular complexity index is 487. The number of hydrogen-bond donors (Lipinski definition) is 0. The summed E-state index contributed by atoms with van der Waals surface area (Å²) >= 11 is 1.63. The first-order valence-corrected chi connectivity index (χ1v) is 7.14. The van der Waals surface area contributed by atoms with Crippen LogP contribution in [0.15, 0.2) is 66.1 Å². The third kappa shape index (κ3) is 4.08. The Balaban J connectivity index is 3.10. The number of rotatable bonds is 5. The monoisotopic (exact) mass is 256 g/mol. The van der Waals surface area contributed by atoms with E-state index >= 15 is 0 Å². The van der Waals surface area contributed by atoms with Gasteiger partial charge in [-0.05, 0) is 42.9 Å². The van der Waals surface area contributed by atoms with Crippen LogP contribution in [0.2, 0.25) is 0 Å². The fraction of sp³-hybridized carbons (Fsp3) is 0.176. The summed E-state index contributed by atoms with van der Waals surface area (Å²) < 4.78 is 0. The van der Waals surface area contributed by atoms with Gasteiger partial charge < -0.3 is 0 Å². The highest BCUT2D eigenvalue weighted by Crippen LogP contribution is 2.24. The van der Waals surface area contributed by atoms with Crippen LogP contribution >= 0.6 is 11.8 Å². The van der Waals surface area contributed by atoms with Gasteiger partial charge in [0.1, 0.15) is 0 Å². The molecule has 94 valence electrons. The Labute approximate surface area is 115 Å². The Morgan fingerprint density at radius 2 is 1.78 bits per heavy atom. The topological polar surface area (TPSA) is 0 Å². The normalized spacial score (nSPS) is 11.8. The molecule has 0 fully saturated rings. The van der Waals surface area contributed by atoms with Crippen LogP contribution in [0.4, 0.5) is 0 Å². The average molecular weight is 256 g/mol. The molecule has 0 aliphatic heterocycles. The van der Waals surface area contributed by atoms with Gasteiger partial charge in [-0.1, -0.05) is 55.1 Å². The smallest absolute Gasteiger partial charge is 0.00639 e. The Morgan fingerprint density at radius 3 is 2.28 bits per heavy atom. The lowest BCUT2D eigenvalue weighted by Gasteiger charge is -2.06. The molecule has 0 aliphatic rings. The van der Waals surface area contributed by atoms with Crippen molar-refractivity contribution in [3.8, 4) is 0 Å². The summed E-state index contributed by atoms with van der Waals surface area (Å²) in [6.07, 6.45) is 8.25. The third-order valence-electron chi connectivity index (χ3n) is 2.67. The fourth-order valence-electron chi connectivity index (χ4n) is 1.55. The summed E-state index contributed by atoms with van der Waals surface area (Å²) in [5.41, 5.74) is 4.61. The number of benzene rings is 1. The van der Waals surface area contributed by atoms with Crippen LogP contribution in [0.5, 0.6) is 0 Å². The van der Waals surface area contributed by atoms with E-state index in [1.165, 1.54) is 11.1 Å². The first-order chi connectivity index (χ1) is 8.58. The Hall–Kier alpha value is -1.47. The van der Waals surface area contributed by atoms with Crippen LogP contribution in [-0.4, -0.2) is 6.26 Å². The molecular formula is C17H20S. The van der Waals surface area contributed by atoms with Crippen LogP contribution in [-0.2, 0) is 0 Å². The summed E-state index contributed by atoms with van der Waals surface area (Å²) in [4.78, 5) is 1.00. The van der Waals surface area contributed by atoms with Gasteiger partial charge in [-0.15, -0.1) is 11.8 Å². The molecule has 0 bridgehead atoms. The Morgan fingerprint density at radius 1 is 1.17 bits per heavy atom. The highest BCUT2D eigenvalue weighted by atomic mass is 32.2. The standard InChI is InChI=1S/C17H20S/c1-6-7-17(12-14(3)15(4)18-5)16-10-8-13(2)9-11-16/h6-12H,3-4H2,1-2,5H3/b7-6-,17-12+. The Kier molecular flexibility index (Phi) is 5.73. The van der Waals surface area contributed by atoms with E-state index < -0.39 is 0 Å². The van der Waals surface area contributed by atoms with Gasteiger partial charge in [0.25, 0.3) is 0 Å². The molecule has 0 spiro atoms. The largest absolute Gasteiger partial charge is 0.130 e. The van der Waals surface area contributed by atoms with Crippen LogP contribution in [0.1, 0.15) is 18.1 Å². The maximum atomic E-state index is 4.06. The molecule has 1 aromatic rings. The van der Waals surface area contributed by atoms with Crippen molar-refractivity contribution in [2.45, 2.75) is 13.8 Å². The zero-order chi connectivity index (χ0) is 13.5. The zero-order valence-electron chi connectivity index (χ0n) is 11.4. The second kappa shape index (κ2) is 7.07. The molecule has 0 nitrogen and oxygen atoms in total. The lowest BCUT2D eigenvalue weighted by atomic mass is 10.0. The number of thioether (sulfide) groups is 1. The highest BCUT2D eigenvalue weighted by Gasteiger charge is 2.01. The van der Waals surface area contributed by atoms with Crippen LogP contribution in [0.25, 0.3) is 5.57 Å². The van der Waals surface area contributed by atoms with Gasteiger partial charge in [0.05, 0.1) is 0 Å². The molecule has 0 unspecified atom stereocenters. The summed E-state index contributed by atoms with van der Waals surface area (Å²) in [6.45, 7) is 12.2. The van der Waals surface area contributed by atoms with Crippen molar-refractivity contribution < 1.29 is 0 Å². The van der Waals surface area contributed by atoms with Crippen molar-refractivity contribution >= 4 is 17.3 Å². The molecule has 0 saturated carbocycles. The van der Waals surface area contributed by atoms with Gasteiger partial charge in [0.2, 0.25) is 0 Å². The molecule has 0 atom stereocenters. The van der Waals surface area contributed by atoms with Crippen molar-refractivity contribution in [1.29, 1.82) is 0 Å². The van der Waals surface area contributed by atoms with Gasteiger partial charge in [-0.2, -0.15) is 0 Å². The molecule has 18 heavy (non-hydrogen) atoms. The minimum Gasteiger partial charge on any atom is -0.130 e. The minimum absolute atomic E-state index is 0.969. The van der Waals surface area contributed by atoms with Crippen LogP contribution < -0.4 is 0 Å². The molecule has 0 radical (unpaired) electrons. The van der Waals surface area contributed by atoms with Gasteiger partial charge in [-0.25, -0.2) is 0 Å². The van der Waals surface area contributed by atoms with E-state index in [4.69, 9.17) is 0 Å². The molecule has 0 N–H and O–H groups in total. The second-order valence-electron chi connectivity index (χ2n) is 4.12. The van der Waals surface area contributed by atoms with Crippen molar-refractivity contribution in [2.75, 3.05) is 6.26 Å². The summed E-state index contributed by atoms with van der Waals surface area (Å²) in [5.74, 6) is 0.